The number of carbonyl (C=O) groups is 2. The van der Waals surface area contributed by atoms with Crippen LogP contribution in [0.2, 0.25) is 0 Å². The first-order valence-electron chi connectivity index (χ1n) is 10.1. The molecule has 27 heavy (non-hydrogen) atoms. The molecule has 144 valence electrons. The zero-order valence-corrected chi connectivity index (χ0v) is 16.2. The Balaban J connectivity index is 1.40. The Morgan fingerprint density at radius 1 is 1.19 bits per heavy atom. The van der Waals surface area contributed by atoms with Gasteiger partial charge in [0.05, 0.1) is 17.0 Å². The van der Waals surface area contributed by atoms with Gasteiger partial charge in [-0.3, -0.25) is 9.59 Å². The number of likely N-dealkylation sites (tertiary alicyclic amines) is 2. The normalized spacial score (nSPS) is 21.9. The smallest absolute Gasteiger partial charge is 0.227 e. The number of aromatic nitrogens is 2. The molecule has 3 heterocycles. The standard InChI is InChI=1S/C21H28N4O2/c1-3-24-14-16(8-9-19(24)26)21(27)25-12-10-15(11-13-25)20-22-17-6-4-5-7-18(17)23(20)2/h4-7,15-16H,3,8-14H2,1-2H3/t16-/m0/s1. The predicted molar refractivity (Wildman–Crippen MR) is 104 cm³/mol. The van der Waals surface area contributed by atoms with E-state index < -0.39 is 0 Å². The molecule has 1 atom stereocenters. The van der Waals surface area contributed by atoms with Crippen molar-refractivity contribution in [3.63, 3.8) is 0 Å². The number of amides is 2. The summed E-state index contributed by atoms with van der Waals surface area (Å²) in [6.07, 6.45) is 3.09. The summed E-state index contributed by atoms with van der Waals surface area (Å²) in [5.74, 6) is 1.90. The molecule has 2 aromatic rings. The highest BCUT2D eigenvalue weighted by Gasteiger charge is 2.34. The van der Waals surface area contributed by atoms with Gasteiger partial charge >= 0.3 is 0 Å². The summed E-state index contributed by atoms with van der Waals surface area (Å²) in [5, 5.41) is 0. The molecule has 6 nitrogen and oxygen atoms in total. The van der Waals surface area contributed by atoms with Crippen molar-refractivity contribution in [2.45, 2.75) is 38.5 Å². The van der Waals surface area contributed by atoms with E-state index in [1.807, 2.05) is 28.9 Å². The SMILES string of the molecule is CCN1C[C@@H](C(=O)N2CCC(c3nc4ccccc4n3C)CC2)CCC1=O. The van der Waals surface area contributed by atoms with Crippen LogP contribution in [0.3, 0.4) is 0 Å². The minimum Gasteiger partial charge on any atom is -0.342 e. The first-order valence-corrected chi connectivity index (χ1v) is 10.1. The Bertz CT molecular complexity index is 851. The predicted octanol–water partition coefficient (Wildman–Crippen LogP) is 2.54. The van der Waals surface area contributed by atoms with E-state index in [1.54, 1.807) is 0 Å². The van der Waals surface area contributed by atoms with Crippen molar-refractivity contribution in [1.29, 1.82) is 0 Å². The van der Waals surface area contributed by atoms with Gasteiger partial charge < -0.3 is 14.4 Å². The number of hydrogen-bond acceptors (Lipinski definition) is 3. The summed E-state index contributed by atoms with van der Waals surface area (Å²) >= 11 is 0. The van der Waals surface area contributed by atoms with Crippen molar-refractivity contribution >= 4 is 22.8 Å². The minimum atomic E-state index is -0.0325. The van der Waals surface area contributed by atoms with Crippen molar-refractivity contribution in [3.05, 3.63) is 30.1 Å². The Hall–Kier alpha value is -2.37. The van der Waals surface area contributed by atoms with E-state index >= 15 is 0 Å². The number of carbonyl (C=O) groups excluding carboxylic acids is 2. The third-order valence-electron chi connectivity index (χ3n) is 6.22. The molecule has 0 bridgehead atoms. The van der Waals surface area contributed by atoms with Crippen LogP contribution in [0.4, 0.5) is 0 Å². The third kappa shape index (κ3) is 3.33. The highest BCUT2D eigenvalue weighted by atomic mass is 16.2. The lowest BCUT2D eigenvalue weighted by atomic mass is 9.92. The van der Waals surface area contributed by atoms with Crippen molar-refractivity contribution in [2.75, 3.05) is 26.2 Å². The number of hydrogen-bond donors (Lipinski definition) is 0. The molecule has 2 saturated heterocycles. The summed E-state index contributed by atoms with van der Waals surface area (Å²) in [4.78, 5) is 33.5. The lowest BCUT2D eigenvalue weighted by Crippen LogP contribution is -2.48. The van der Waals surface area contributed by atoms with Crippen LogP contribution in [-0.2, 0) is 16.6 Å². The molecule has 0 saturated carbocycles. The Labute approximate surface area is 160 Å². The molecular weight excluding hydrogens is 340 g/mol. The maximum atomic E-state index is 12.9. The van der Waals surface area contributed by atoms with Crippen LogP contribution < -0.4 is 0 Å². The first kappa shape index (κ1) is 18.0. The number of para-hydroxylation sites is 2. The van der Waals surface area contributed by atoms with E-state index in [2.05, 4.69) is 23.7 Å². The number of aryl methyl sites for hydroxylation is 1. The average molecular weight is 368 g/mol. The van der Waals surface area contributed by atoms with Crippen molar-refractivity contribution < 1.29 is 9.59 Å². The van der Waals surface area contributed by atoms with E-state index in [0.29, 0.717) is 31.8 Å². The van der Waals surface area contributed by atoms with Crippen LogP contribution in [0.25, 0.3) is 11.0 Å². The van der Waals surface area contributed by atoms with Crippen LogP contribution >= 0.6 is 0 Å². The van der Waals surface area contributed by atoms with E-state index in [0.717, 1.165) is 42.8 Å². The number of nitrogens with zero attached hydrogens (tertiary/aromatic N) is 4. The summed E-state index contributed by atoms with van der Waals surface area (Å²) in [6, 6.07) is 8.23. The van der Waals surface area contributed by atoms with Gasteiger partial charge in [0.15, 0.2) is 0 Å². The molecule has 0 N–H and O–H groups in total. The molecule has 1 aromatic carbocycles. The first-order chi connectivity index (χ1) is 13.1. The molecule has 0 unspecified atom stereocenters. The Morgan fingerprint density at radius 3 is 2.63 bits per heavy atom. The van der Waals surface area contributed by atoms with Crippen LogP contribution in [0.5, 0.6) is 0 Å². The molecule has 2 aliphatic rings. The molecule has 6 heteroatoms. The van der Waals surface area contributed by atoms with E-state index in [9.17, 15) is 9.59 Å². The van der Waals surface area contributed by atoms with E-state index in [-0.39, 0.29) is 17.7 Å². The number of fused-ring (bicyclic) bond motifs is 1. The van der Waals surface area contributed by atoms with Crippen molar-refractivity contribution in [2.24, 2.45) is 13.0 Å². The van der Waals surface area contributed by atoms with Gasteiger partial charge in [0, 0.05) is 45.6 Å². The van der Waals surface area contributed by atoms with Crippen LogP contribution in [-0.4, -0.2) is 57.3 Å². The molecule has 2 fully saturated rings. The monoisotopic (exact) mass is 368 g/mol. The zero-order valence-electron chi connectivity index (χ0n) is 16.2. The fourth-order valence-electron chi connectivity index (χ4n) is 4.57. The molecule has 0 radical (unpaired) electrons. The van der Waals surface area contributed by atoms with Crippen LogP contribution in [0.15, 0.2) is 24.3 Å². The fourth-order valence-corrected chi connectivity index (χ4v) is 4.57. The van der Waals surface area contributed by atoms with Gasteiger partial charge in [-0.2, -0.15) is 0 Å². The van der Waals surface area contributed by atoms with Gasteiger partial charge in [0.1, 0.15) is 5.82 Å². The molecule has 0 aliphatic carbocycles. The second-order valence-corrected chi connectivity index (χ2v) is 7.79. The van der Waals surface area contributed by atoms with Gasteiger partial charge in [-0.1, -0.05) is 12.1 Å². The largest absolute Gasteiger partial charge is 0.342 e. The molecule has 0 spiro atoms. The lowest BCUT2D eigenvalue weighted by Gasteiger charge is -2.37. The van der Waals surface area contributed by atoms with Crippen molar-refractivity contribution in [3.8, 4) is 0 Å². The fraction of sp³-hybridized carbons (Fsp3) is 0.571. The molecule has 2 aliphatic heterocycles. The topological polar surface area (TPSA) is 58.4 Å². The highest BCUT2D eigenvalue weighted by Crippen LogP contribution is 2.31. The summed E-state index contributed by atoms with van der Waals surface area (Å²) in [6.45, 7) is 4.82. The molecule has 1 aromatic heterocycles. The molecule has 2 amide bonds. The molecule has 4 rings (SSSR count). The number of piperidine rings is 2. The molecular formula is C21H28N4O2. The Kier molecular flexibility index (Phi) is 4.89. The number of benzene rings is 1. The van der Waals surface area contributed by atoms with Crippen molar-refractivity contribution in [1.82, 2.24) is 19.4 Å². The van der Waals surface area contributed by atoms with E-state index in [1.165, 1.54) is 0 Å². The van der Waals surface area contributed by atoms with E-state index in [4.69, 9.17) is 4.98 Å². The van der Waals surface area contributed by atoms with Gasteiger partial charge in [-0.15, -0.1) is 0 Å². The second-order valence-electron chi connectivity index (χ2n) is 7.79. The summed E-state index contributed by atoms with van der Waals surface area (Å²) in [7, 11) is 2.08. The highest BCUT2D eigenvalue weighted by molar-refractivity contribution is 5.84. The quantitative estimate of drug-likeness (QED) is 0.837. The maximum Gasteiger partial charge on any atom is 0.227 e. The van der Waals surface area contributed by atoms with Gasteiger partial charge in [-0.05, 0) is 38.3 Å². The van der Waals surface area contributed by atoms with Crippen LogP contribution in [0, 0.1) is 5.92 Å². The summed E-state index contributed by atoms with van der Waals surface area (Å²) < 4.78 is 2.20. The number of rotatable bonds is 3. The van der Waals surface area contributed by atoms with Gasteiger partial charge in [-0.25, -0.2) is 4.98 Å². The second kappa shape index (κ2) is 7.33. The van der Waals surface area contributed by atoms with Crippen LogP contribution in [0.1, 0.15) is 44.3 Å². The minimum absolute atomic E-state index is 0.0325. The van der Waals surface area contributed by atoms with Gasteiger partial charge in [0.25, 0.3) is 0 Å². The lowest BCUT2D eigenvalue weighted by molar-refractivity contribution is -0.143. The zero-order chi connectivity index (χ0) is 19.0. The summed E-state index contributed by atoms with van der Waals surface area (Å²) in [5.41, 5.74) is 2.21. The maximum absolute atomic E-state index is 12.9. The average Bonchev–Trinajstić information content (AvgIpc) is 3.05. The third-order valence-corrected chi connectivity index (χ3v) is 6.22. The Morgan fingerprint density at radius 2 is 1.93 bits per heavy atom. The van der Waals surface area contributed by atoms with Gasteiger partial charge in [0.2, 0.25) is 11.8 Å². The number of imidazole rings is 1.